The minimum Gasteiger partial charge on any atom is -0.381 e. The molecule has 2 heterocycles. The number of pyridine rings is 1. The Hall–Kier alpha value is -2.20. The molecule has 1 saturated heterocycles. The van der Waals surface area contributed by atoms with Gasteiger partial charge in [-0.3, -0.25) is 9.78 Å². The summed E-state index contributed by atoms with van der Waals surface area (Å²) in [5, 5.41) is 3.22. The summed E-state index contributed by atoms with van der Waals surface area (Å²) in [6, 6.07) is 12.6. The SMILES string of the molecule is CCC(C)NC(=O)C1(Cc2ccccc2-c2ccncc2)CCOCC1. The highest BCUT2D eigenvalue weighted by atomic mass is 16.5. The van der Waals surface area contributed by atoms with Crippen LogP contribution in [0.2, 0.25) is 0 Å². The van der Waals surface area contributed by atoms with Crippen molar-refractivity contribution < 1.29 is 9.53 Å². The number of amides is 1. The molecule has 3 rings (SSSR count). The number of hydrogen-bond donors (Lipinski definition) is 1. The van der Waals surface area contributed by atoms with Crippen molar-refractivity contribution in [3.05, 3.63) is 54.4 Å². The summed E-state index contributed by atoms with van der Waals surface area (Å²) in [6.07, 6.45) is 6.82. The van der Waals surface area contributed by atoms with E-state index in [1.807, 2.05) is 24.5 Å². The molecule has 1 amide bonds. The number of nitrogens with zero attached hydrogens (tertiary/aromatic N) is 1. The molecule has 1 aliphatic heterocycles. The maximum atomic E-state index is 13.2. The van der Waals surface area contributed by atoms with Gasteiger partial charge in [-0.15, -0.1) is 0 Å². The Labute approximate surface area is 156 Å². The van der Waals surface area contributed by atoms with E-state index in [0.29, 0.717) is 13.2 Å². The van der Waals surface area contributed by atoms with E-state index in [0.717, 1.165) is 31.2 Å². The summed E-state index contributed by atoms with van der Waals surface area (Å²) in [5.41, 5.74) is 3.13. The molecule has 1 unspecified atom stereocenters. The molecule has 138 valence electrons. The van der Waals surface area contributed by atoms with Gasteiger partial charge in [0, 0.05) is 31.6 Å². The Morgan fingerprint density at radius 1 is 1.19 bits per heavy atom. The van der Waals surface area contributed by atoms with Gasteiger partial charge in [-0.2, -0.15) is 0 Å². The monoisotopic (exact) mass is 352 g/mol. The average Bonchev–Trinajstić information content (AvgIpc) is 2.69. The second-order valence-electron chi connectivity index (χ2n) is 7.25. The number of carbonyl (C=O) groups is 1. The lowest BCUT2D eigenvalue weighted by molar-refractivity contribution is -0.137. The second kappa shape index (κ2) is 8.45. The molecule has 0 saturated carbocycles. The number of carbonyl (C=O) groups excluding carboxylic acids is 1. The van der Waals surface area contributed by atoms with Crippen LogP contribution in [0.1, 0.15) is 38.7 Å². The predicted octanol–water partition coefficient (Wildman–Crippen LogP) is 4.00. The summed E-state index contributed by atoms with van der Waals surface area (Å²) < 4.78 is 5.57. The second-order valence-corrected chi connectivity index (χ2v) is 7.25. The van der Waals surface area contributed by atoms with E-state index >= 15 is 0 Å². The Balaban J connectivity index is 1.92. The van der Waals surface area contributed by atoms with Gasteiger partial charge in [-0.05, 0) is 61.4 Å². The molecule has 1 aliphatic rings. The van der Waals surface area contributed by atoms with Gasteiger partial charge < -0.3 is 10.1 Å². The Morgan fingerprint density at radius 3 is 2.58 bits per heavy atom. The molecule has 1 aromatic carbocycles. The van der Waals surface area contributed by atoms with Crippen molar-refractivity contribution in [2.75, 3.05) is 13.2 Å². The van der Waals surface area contributed by atoms with Gasteiger partial charge in [0.1, 0.15) is 0 Å². The van der Waals surface area contributed by atoms with E-state index in [9.17, 15) is 4.79 Å². The summed E-state index contributed by atoms with van der Waals surface area (Å²) in [6.45, 7) is 5.45. The van der Waals surface area contributed by atoms with E-state index in [1.54, 1.807) is 0 Å². The highest BCUT2D eigenvalue weighted by molar-refractivity contribution is 5.84. The van der Waals surface area contributed by atoms with Gasteiger partial charge in [0.15, 0.2) is 0 Å². The molecule has 1 atom stereocenters. The number of benzene rings is 1. The van der Waals surface area contributed by atoms with Crippen LogP contribution in [0.5, 0.6) is 0 Å². The molecule has 0 radical (unpaired) electrons. The largest absolute Gasteiger partial charge is 0.381 e. The first-order valence-electron chi connectivity index (χ1n) is 9.51. The number of ether oxygens (including phenoxy) is 1. The number of hydrogen-bond acceptors (Lipinski definition) is 3. The van der Waals surface area contributed by atoms with Gasteiger partial charge in [-0.1, -0.05) is 31.2 Å². The third-order valence-electron chi connectivity index (χ3n) is 5.46. The molecule has 0 aliphatic carbocycles. The van der Waals surface area contributed by atoms with Crippen molar-refractivity contribution in [1.29, 1.82) is 0 Å². The maximum absolute atomic E-state index is 13.2. The van der Waals surface area contributed by atoms with Crippen LogP contribution in [0.4, 0.5) is 0 Å². The number of rotatable bonds is 6. The molecular weight excluding hydrogens is 324 g/mol. The number of aromatic nitrogens is 1. The van der Waals surface area contributed by atoms with Crippen molar-refractivity contribution in [3.8, 4) is 11.1 Å². The molecule has 1 fully saturated rings. The fraction of sp³-hybridized carbons (Fsp3) is 0.455. The van der Waals surface area contributed by atoms with Crippen molar-refractivity contribution in [2.45, 2.75) is 45.6 Å². The lowest BCUT2D eigenvalue weighted by Crippen LogP contribution is -2.48. The zero-order chi connectivity index (χ0) is 18.4. The zero-order valence-electron chi connectivity index (χ0n) is 15.7. The average molecular weight is 352 g/mol. The maximum Gasteiger partial charge on any atom is 0.226 e. The highest BCUT2D eigenvalue weighted by Crippen LogP contribution is 2.37. The van der Waals surface area contributed by atoms with Gasteiger partial charge in [0.25, 0.3) is 0 Å². The molecular formula is C22H28N2O2. The first-order chi connectivity index (χ1) is 12.6. The van der Waals surface area contributed by atoms with E-state index in [-0.39, 0.29) is 11.9 Å². The van der Waals surface area contributed by atoms with Crippen LogP contribution < -0.4 is 5.32 Å². The van der Waals surface area contributed by atoms with Crippen LogP contribution in [0.25, 0.3) is 11.1 Å². The van der Waals surface area contributed by atoms with E-state index in [1.165, 1.54) is 11.1 Å². The molecule has 1 N–H and O–H groups in total. The molecule has 4 heteroatoms. The van der Waals surface area contributed by atoms with Crippen LogP contribution in [0, 0.1) is 5.41 Å². The standard InChI is InChI=1S/C22H28N2O2/c1-3-17(2)24-21(25)22(10-14-26-15-11-22)16-19-6-4-5-7-20(19)18-8-12-23-13-9-18/h4-9,12-13,17H,3,10-11,14-16H2,1-2H3,(H,24,25). The van der Waals surface area contributed by atoms with E-state index in [4.69, 9.17) is 4.74 Å². The quantitative estimate of drug-likeness (QED) is 0.855. The Bertz CT molecular complexity index is 724. The van der Waals surface area contributed by atoms with Crippen LogP contribution >= 0.6 is 0 Å². The highest BCUT2D eigenvalue weighted by Gasteiger charge is 2.40. The van der Waals surface area contributed by atoms with Gasteiger partial charge in [-0.25, -0.2) is 0 Å². The van der Waals surface area contributed by atoms with Crippen LogP contribution in [0.3, 0.4) is 0 Å². The summed E-state index contributed by atoms with van der Waals surface area (Å²) >= 11 is 0. The third-order valence-corrected chi connectivity index (χ3v) is 5.46. The molecule has 0 spiro atoms. The van der Waals surface area contributed by atoms with E-state index in [2.05, 4.69) is 48.4 Å². The number of nitrogens with one attached hydrogen (secondary N) is 1. The first kappa shape index (κ1) is 18.6. The van der Waals surface area contributed by atoms with Crippen LogP contribution in [-0.4, -0.2) is 30.1 Å². The molecule has 4 nitrogen and oxygen atoms in total. The first-order valence-corrected chi connectivity index (χ1v) is 9.51. The molecule has 26 heavy (non-hydrogen) atoms. The van der Waals surface area contributed by atoms with Crippen molar-refractivity contribution in [2.24, 2.45) is 5.41 Å². The molecule has 2 aromatic rings. The van der Waals surface area contributed by atoms with Gasteiger partial charge in [0.05, 0.1) is 5.41 Å². The fourth-order valence-electron chi connectivity index (χ4n) is 3.58. The lowest BCUT2D eigenvalue weighted by atomic mass is 9.73. The normalized spacial score (nSPS) is 17.5. The predicted molar refractivity (Wildman–Crippen MR) is 104 cm³/mol. The Kier molecular flexibility index (Phi) is 6.04. The summed E-state index contributed by atoms with van der Waals surface area (Å²) in [7, 11) is 0. The smallest absolute Gasteiger partial charge is 0.226 e. The summed E-state index contributed by atoms with van der Waals surface area (Å²) in [4.78, 5) is 17.3. The minimum atomic E-state index is -0.398. The molecule has 1 aromatic heterocycles. The molecule has 0 bridgehead atoms. The van der Waals surface area contributed by atoms with Crippen molar-refractivity contribution >= 4 is 5.91 Å². The third kappa shape index (κ3) is 4.13. The van der Waals surface area contributed by atoms with Crippen LogP contribution in [-0.2, 0) is 16.0 Å². The summed E-state index contributed by atoms with van der Waals surface area (Å²) in [5.74, 6) is 0.166. The van der Waals surface area contributed by atoms with Gasteiger partial charge >= 0.3 is 0 Å². The van der Waals surface area contributed by atoms with Crippen molar-refractivity contribution in [1.82, 2.24) is 10.3 Å². The topological polar surface area (TPSA) is 51.2 Å². The Morgan fingerprint density at radius 2 is 1.88 bits per heavy atom. The van der Waals surface area contributed by atoms with Crippen molar-refractivity contribution in [3.63, 3.8) is 0 Å². The van der Waals surface area contributed by atoms with Crippen LogP contribution in [0.15, 0.2) is 48.8 Å². The lowest BCUT2D eigenvalue weighted by Gasteiger charge is -2.37. The van der Waals surface area contributed by atoms with Gasteiger partial charge in [0.2, 0.25) is 5.91 Å². The fourth-order valence-corrected chi connectivity index (χ4v) is 3.58. The minimum absolute atomic E-state index is 0.166. The van der Waals surface area contributed by atoms with E-state index < -0.39 is 5.41 Å². The zero-order valence-corrected chi connectivity index (χ0v) is 15.7.